The lowest BCUT2D eigenvalue weighted by atomic mass is 9.97. The van der Waals surface area contributed by atoms with Crippen LogP contribution in [0.1, 0.15) is 30.1 Å². The number of nitrogens with zero attached hydrogens (tertiary/aromatic N) is 2. The number of piperidine rings is 1. The zero-order chi connectivity index (χ0) is 11.7. The van der Waals surface area contributed by atoms with Crippen molar-refractivity contribution in [2.45, 2.75) is 25.3 Å². The van der Waals surface area contributed by atoms with E-state index >= 15 is 0 Å². The first kappa shape index (κ1) is 10.7. The molecule has 1 aliphatic rings. The van der Waals surface area contributed by atoms with Crippen molar-refractivity contribution in [1.29, 1.82) is 0 Å². The lowest BCUT2D eigenvalue weighted by Gasteiger charge is -2.21. The first-order chi connectivity index (χ1) is 8.40. The van der Waals surface area contributed by atoms with E-state index in [1.54, 1.807) is 0 Å². The number of pyridine rings is 1. The molecule has 90 valence electrons. The van der Waals surface area contributed by atoms with Gasteiger partial charge in [0.25, 0.3) is 0 Å². The Labute approximate surface area is 101 Å². The summed E-state index contributed by atoms with van der Waals surface area (Å²) in [7, 11) is 0. The van der Waals surface area contributed by atoms with Crippen molar-refractivity contribution in [3.8, 4) is 0 Å². The quantitative estimate of drug-likeness (QED) is 0.816. The van der Waals surface area contributed by atoms with Gasteiger partial charge in [0.05, 0.1) is 11.7 Å². The molecule has 1 saturated heterocycles. The molecule has 0 saturated carbocycles. The normalized spacial score (nSPS) is 17.7. The molecule has 2 aromatic rings. The number of hydrogen-bond acceptors (Lipinski definition) is 3. The number of rotatable bonds is 2. The molecule has 4 heteroatoms. The summed E-state index contributed by atoms with van der Waals surface area (Å²) in [5.74, 6) is 1.77. The fraction of sp³-hybridized carbons (Fsp3) is 0.462. The fourth-order valence-corrected chi connectivity index (χ4v) is 2.65. The maximum Gasteiger partial charge on any atom is 0.116 e. The maximum atomic E-state index is 5.75. The zero-order valence-corrected chi connectivity index (χ0v) is 9.89. The summed E-state index contributed by atoms with van der Waals surface area (Å²) in [6.07, 6.45) is 6.40. The summed E-state index contributed by atoms with van der Waals surface area (Å²) in [4.78, 5) is 4.61. The van der Waals surface area contributed by atoms with Crippen LogP contribution in [0, 0.1) is 0 Å². The lowest BCUT2D eigenvalue weighted by molar-refractivity contribution is 0.444. The second kappa shape index (κ2) is 4.47. The Kier molecular flexibility index (Phi) is 2.82. The van der Waals surface area contributed by atoms with E-state index in [1.165, 1.54) is 24.2 Å². The number of aromatic nitrogens is 2. The van der Waals surface area contributed by atoms with Crippen LogP contribution in [0.3, 0.4) is 0 Å². The minimum Gasteiger partial charge on any atom is -0.326 e. The Morgan fingerprint density at radius 2 is 2.24 bits per heavy atom. The average Bonchev–Trinajstić information content (AvgIpc) is 2.83. The van der Waals surface area contributed by atoms with Crippen molar-refractivity contribution < 1.29 is 0 Å². The highest BCUT2D eigenvalue weighted by Gasteiger charge is 2.19. The van der Waals surface area contributed by atoms with Crippen LogP contribution in [0.5, 0.6) is 0 Å². The van der Waals surface area contributed by atoms with Gasteiger partial charge < -0.3 is 15.5 Å². The molecule has 0 amide bonds. The summed E-state index contributed by atoms with van der Waals surface area (Å²) < 4.78 is 2.21. The molecule has 3 rings (SSSR count). The molecule has 17 heavy (non-hydrogen) atoms. The van der Waals surface area contributed by atoms with E-state index in [9.17, 15) is 0 Å². The fourth-order valence-electron chi connectivity index (χ4n) is 2.65. The zero-order valence-electron chi connectivity index (χ0n) is 9.89. The van der Waals surface area contributed by atoms with Crippen molar-refractivity contribution in [3.05, 3.63) is 35.9 Å². The molecular weight excluding hydrogens is 212 g/mol. The molecule has 1 fully saturated rings. The topological polar surface area (TPSA) is 55.4 Å². The largest absolute Gasteiger partial charge is 0.326 e. The van der Waals surface area contributed by atoms with Crippen molar-refractivity contribution >= 4 is 5.52 Å². The highest BCUT2D eigenvalue weighted by molar-refractivity contribution is 5.54. The minimum atomic E-state index is 0.571. The van der Waals surface area contributed by atoms with Gasteiger partial charge in [0.15, 0.2) is 0 Å². The van der Waals surface area contributed by atoms with Crippen LogP contribution in [0.25, 0.3) is 5.52 Å². The first-order valence-corrected chi connectivity index (χ1v) is 6.26. The van der Waals surface area contributed by atoms with E-state index in [0.29, 0.717) is 12.5 Å². The van der Waals surface area contributed by atoms with Gasteiger partial charge in [-0.15, -0.1) is 0 Å². The van der Waals surface area contributed by atoms with Gasteiger partial charge in [-0.1, -0.05) is 6.07 Å². The molecule has 4 nitrogen and oxygen atoms in total. The predicted molar refractivity (Wildman–Crippen MR) is 67.9 cm³/mol. The second-order valence-electron chi connectivity index (χ2n) is 4.63. The van der Waals surface area contributed by atoms with Crippen LogP contribution in [0.15, 0.2) is 24.5 Å². The molecule has 0 radical (unpaired) electrons. The van der Waals surface area contributed by atoms with Crippen molar-refractivity contribution in [2.75, 3.05) is 13.1 Å². The monoisotopic (exact) mass is 230 g/mol. The Morgan fingerprint density at radius 1 is 1.41 bits per heavy atom. The van der Waals surface area contributed by atoms with Gasteiger partial charge in [-0.2, -0.15) is 0 Å². The summed E-state index contributed by atoms with van der Waals surface area (Å²) in [5, 5.41) is 3.39. The van der Waals surface area contributed by atoms with Crippen LogP contribution in [0.2, 0.25) is 0 Å². The molecule has 3 N–H and O–H groups in total. The molecule has 0 aliphatic carbocycles. The van der Waals surface area contributed by atoms with E-state index in [0.717, 1.165) is 18.6 Å². The minimum absolute atomic E-state index is 0.571. The first-order valence-electron chi connectivity index (χ1n) is 6.26. The Balaban J connectivity index is 2.05. The third-order valence-electron chi connectivity index (χ3n) is 3.61. The van der Waals surface area contributed by atoms with Gasteiger partial charge in [0.2, 0.25) is 0 Å². The highest BCUT2D eigenvalue weighted by Crippen LogP contribution is 2.25. The number of hydrogen-bond donors (Lipinski definition) is 2. The van der Waals surface area contributed by atoms with Gasteiger partial charge in [0, 0.05) is 18.7 Å². The van der Waals surface area contributed by atoms with E-state index in [-0.39, 0.29) is 0 Å². The third kappa shape index (κ3) is 1.83. The molecule has 2 aromatic heterocycles. The second-order valence-corrected chi connectivity index (χ2v) is 4.63. The molecule has 0 aromatic carbocycles. The van der Waals surface area contributed by atoms with Gasteiger partial charge in [-0.3, -0.25) is 0 Å². The Hall–Kier alpha value is -1.39. The van der Waals surface area contributed by atoms with E-state index < -0.39 is 0 Å². The molecular formula is C13H18N4. The molecule has 3 heterocycles. The Morgan fingerprint density at radius 3 is 3.00 bits per heavy atom. The van der Waals surface area contributed by atoms with Gasteiger partial charge >= 0.3 is 0 Å². The number of nitrogens with two attached hydrogens (primary N) is 1. The lowest BCUT2D eigenvalue weighted by Crippen LogP contribution is -2.27. The smallest absolute Gasteiger partial charge is 0.116 e. The average molecular weight is 230 g/mol. The summed E-state index contributed by atoms with van der Waals surface area (Å²) in [6, 6.07) is 4.13. The third-order valence-corrected chi connectivity index (χ3v) is 3.61. The van der Waals surface area contributed by atoms with Gasteiger partial charge in [0.1, 0.15) is 5.82 Å². The van der Waals surface area contributed by atoms with Gasteiger partial charge in [-0.05, 0) is 37.6 Å². The van der Waals surface area contributed by atoms with Crippen LogP contribution < -0.4 is 11.1 Å². The molecule has 1 aliphatic heterocycles. The van der Waals surface area contributed by atoms with Crippen LogP contribution in [0.4, 0.5) is 0 Å². The van der Waals surface area contributed by atoms with Crippen molar-refractivity contribution in [1.82, 2.24) is 14.7 Å². The summed E-state index contributed by atoms with van der Waals surface area (Å²) in [6.45, 7) is 2.76. The summed E-state index contributed by atoms with van der Waals surface area (Å²) in [5.41, 5.74) is 8.08. The number of imidazole rings is 1. The van der Waals surface area contributed by atoms with Crippen molar-refractivity contribution in [3.63, 3.8) is 0 Å². The predicted octanol–water partition coefficient (Wildman–Crippen LogP) is 1.26. The van der Waals surface area contributed by atoms with Crippen molar-refractivity contribution in [2.24, 2.45) is 5.73 Å². The van der Waals surface area contributed by atoms with Crippen LogP contribution in [-0.2, 0) is 6.54 Å². The standard InChI is InChI=1S/C13H18N4/c14-8-11-2-1-7-17-12(11)9-16-13(17)10-3-5-15-6-4-10/h1-2,7,9-10,15H,3-6,8,14H2. The Bertz CT molecular complexity index is 511. The van der Waals surface area contributed by atoms with E-state index in [1.807, 2.05) is 6.20 Å². The van der Waals surface area contributed by atoms with E-state index in [2.05, 4.69) is 33.0 Å². The van der Waals surface area contributed by atoms with Crippen LogP contribution in [-0.4, -0.2) is 22.5 Å². The van der Waals surface area contributed by atoms with Crippen LogP contribution >= 0.6 is 0 Å². The molecule has 0 atom stereocenters. The molecule has 0 spiro atoms. The van der Waals surface area contributed by atoms with Gasteiger partial charge in [-0.25, -0.2) is 4.98 Å². The highest BCUT2D eigenvalue weighted by atomic mass is 15.0. The van der Waals surface area contributed by atoms with E-state index in [4.69, 9.17) is 5.73 Å². The maximum absolute atomic E-state index is 5.75. The molecule has 0 bridgehead atoms. The number of fused-ring (bicyclic) bond motifs is 1. The molecule has 0 unspecified atom stereocenters. The summed E-state index contributed by atoms with van der Waals surface area (Å²) >= 11 is 0. The SMILES string of the molecule is NCc1cccn2c(C3CCNCC3)ncc12. The number of nitrogens with one attached hydrogen (secondary N) is 1.